The second-order valence-corrected chi connectivity index (χ2v) is 7.82. The van der Waals surface area contributed by atoms with Crippen LogP contribution in [0, 0.1) is 0 Å². The first-order chi connectivity index (χ1) is 15.0. The molecule has 2 aromatic carbocycles. The van der Waals surface area contributed by atoms with Crippen molar-refractivity contribution >= 4 is 35.4 Å². The van der Waals surface area contributed by atoms with Crippen LogP contribution >= 0.6 is 11.6 Å². The van der Waals surface area contributed by atoms with E-state index in [2.05, 4.69) is 20.7 Å². The number of aliphatic carboxylic acids is 1. The number of carbonyl (C=O) groups is 2. The summed E-state index contributed by atoms with van der Waals surface area (Å²) in [6, 6.07) is 17.6. The summed E-state index contributed by atoms with van der Waals surface area (Å²) in [6.07, 6.45) is 0.827. The number of aromatic nitrogens is 3. The average Bonchev–Trinajstić information content (AvgIpc) is 3.16. The minimum atomic E-state index is -1.17. The third-order valence-corrected chi connectivity index (χ3v) is 5.43. The number of fused-ring (bicyclic) bond motifs is 1. The first kappa shape index (κ1) is 20.9. The topological polar surface area (TPSA) is 112 Å². The van der Waals surface area contributed by atoms with Crippen molar-refractivity contribution in [3.8, 4) is 0 Å². The molecule has 3 aromatic rings. The maximum absolute atomic E-state index is 12.1. The summed E-state index contributed by atoms with van der Waals surface area (Å²) in [4.78, 5) is 27.1. The Bertz CT molecular complexity index is 1070. The Kier molecular flexibility index (Phi) is 6.18. The standard InChI is InChI=1S/C22H22ClN5O3/c23-16-11-9-14(10-12-16)17-13-18(15-5-2-1-3-6-15)28-22(24-17)26-21(27-28)25-19(29)7-4-8-20(30)31/h1-3,5-6,9-12,17-18H,4,7-8,13H2,(H,30,31)(H2,24,25,26,27,29)/p-1/t17-,18-/m1/s1. The second kappa shape index (κ2) is 9.18. The molecule has 0 radical (unpaired) electrons. The van der Waals surface area contributed by atoms with Gasteiger partial charge in [0.2, 0.25) is 11.9 Å². The lowest BCUT2D eigenvalue weighted by molar-refractivity contribution is -0.305. The zero-order valence-corrected chi connectivity index (χ0v) is 17.4. The number of halogens is 1. The number of nitrogens with zero attached hydrogens (tertiary/aromatic N) is 3. The lowest BCUT2D eigenvalue weighted by atomic mass is 9.93. The highest BCUT2D eigenvalue weighted by atomic mass is 35.5. The number of benzene rings is 2. The molecule has 0 spiro atoms. The zero-order valence-electron chi connectivity index (χ0n) is 16.6. The van der Waals surface area contributed by atoms with Gasteiger partial charge in [-0.25, -0.2) is 4.68 Å². The Morgan fingerprint density at radius 1 is 1.10 bits per heavy atom. The molecule has 4 rings (SSSR count). The van der Waals surface area contributed by atoms with Crippen molar-refractivity contribution in [3.05, 3.63) is 70.7 Å². The van der Waals surface area contributed by atoms with Crippen molar-refractivity contribution in [2.45, 2.75) is 37.8 Å². The van der Waals surface area contributed by atoms with Crippen molar-refractivity contribution in [1.82, 2.24) is 14.8 Å². The van der Waals surface area contributed by atoms with Gasteiger partial charge in [-0.05, 0) is 42.5 Å². The van der Waals surface area contributed by atoms with Gasteiger partial charge in [-0.15, -0.1) is 5.10 Å². The predicted molar refractivity (Wildman–Crippen MR) is 115 cm³/mol. The first-order valence-electron chi connectivity index (χ1n) is 10.0. The summed E-state index contributed by atoms with van der Waals surface area (Å²) in [5.41, 5.74) is 2.16. The van der Waals surface area contributed by atoms with Crippen molar-refractivity contribution in [2.75, 3.05) is 10.6 Å². The fourth-order valence-electron chi connectivity index (χ4n) is 3.68. The number of carbonyl (C=O) groups excluding carboxylic acids is 2. The Hall–Kier alpha value is -3.39. The molecule has 160 valence electrons. The number of rotatable bonds is 7. The quantitative estimate of drug-likeness (QED) is 0.586. The molecule has 2 N–H and O–H groups in total. The van der Waals surface area contributed by atoms with Gasteiger partial charge in [-0.1, -0.05) is 54.1 Å². The summed E-state index contributed by atoms with van der Waals surface area (Å²) >= 11 is 6.04. The monoisotopic (exact) mass is 438 g/mol. The van der Waals surface area contributed by atoms with Crippen LogP contribution in [0.1, 0.15) is 48.9 Å². The smallest absolute Gasteiger partial charge is 0.250 e. The minimum Gasteiger partial charge on any atom is -0.550 e. The fraction of sp³-hybridized carbons (Fsp3) is 0.273. The van der Waals surface area contributed by atoms with E-state index in [1.165, 1.54) is 0 Å². The van der Waals surface area contributed by atoms with E-state index >= 15 is 0 Å². The highest BCUT2D eigenvalue weighted by Crippen LogP contribution is 2.38. The van der Waals surface area contributed by atoms with Crippen LogP contribution in [0.3, 0.4) is 0 Å². The van der Waals surface area contributed by atoms with E-state index in [0.717, 1.165) is 17.5 Å². The molecule has 1 aliphatic rings. The normalized spacial score (nSPS) is 17.5. The molecule has 1 aromatic heterocycles. The molecule has 0 saturated heterocycles. The Morgan fingerprint density at radius 3 is 2.55 bits per heavy atom. The van der Waals surface area contributed by atoms with E-state index in [-0.39, 0.29) is 43.2 Å². The van der Waals surface area contributed by atoms with Gasteiger partial charge in [0.1, 0.15) is 0 Å². The number of carboxylic acid groups (broad SMARTS) is 1. The third kappa shape index (κ3) is 5.03. The van der Waals surface area contributed by atoms with E-state index in [1.807, 2.05) is 54.6 Å². The number of anilines is 2. The van der Waals surface area contributed by atoms with Crippen LogP contribution in [-0.4, -0.2) is 26.6 Å². The summed E-state index contributed by atoms with van der Waals surface area (Å²) in [5.74, 6) is -0.787. The summed E-state index contributed by atoms with van der Waals surface area (Å²) in [6.45, 7) is 0. The van der Waals surface area contributed by atoms with Gasteiger partial charge in [0.25, 0.3) is 5.95 Å². The Labute approximate surface area is 184 Å². The molecule has 0 bridgehead atoms. The largest absolute Gasteiger partial charge is 0.550 e. The summed E-state index contributed by atoms with van der Waals surface area (Å²) in [5, 5.41) is 21.7. The summed E-state index contributed by atoms with van der Waals surface area (Å²) in [7, 11) is 0. The lowest BCUT2D eigenvalue weighted by Gasteiger charge is -2.31. The molecule has 0 saturated carbocycles. The van der Waals surface area contributed by atoms with Gasteiger partial charge in [0.05, 0.1) is 12.1 Å². The van der Waals surface area contributed by atoms with Gasteiger partial charge in [0.15, 0.2) is 0 Å². The molecule has 0 fully saturated rings. The predicted octanol–water partition coefficient (Wildman–Crippen LogP) is 2.94. The molecule has 1 aliphatic heterocycles. The van der Waals surface area contributed by atoms with Crippen LogP contribution in [0.15, 0.2) is 54.6 Å². The van der Waals surface area contributed by atoms with Crippen LogP contribution in [0.5, 0.6) is 0 Å². The van der Waals surface area contributed by atoms with Gasteiger partial charge in [-0.2, -0.15) is 4.98 Å². The van der Waals surface area contributed by atoms with Crippen LogP contribution in [-0.2, 0) is 9.59 Å². The number of hydrogen-bond acceptors (Lipinski definition) is 6. The maximum atomic E-state index is 12.1. The van der Waals surface area contributed by atoms with Crippen molar-refractivity contribution in [2.24, 2.45) is 0 Å². The van der Waals surface area contributed by atoms with Crippen molar-refractivity contribution in [1.29, 1.82) is 0 Å². The van der Waals surface area contributed by atoms with Crippen LogP contribution in [0.2, 0.25) is 5.02 Å². The molecular formula is C22H21ClN5O3-. The highest BCUT2D eigenvalue weighted by molar-refractivity contribution is 6.30. The lowest BCUT2D eigenvalue weighted by Crippen LogP contribution is -2.28. The van der Waals surface area contributed by atoms with E-state index in [0.29, 0.717) is 11.0 Å². The average molecular weight is 439 g/mol. The third-order valence-electron chi connectivity index (χ3n) is 5.18. The molecular weight excluding hydrogens is 418 g/mol. The molecule has 9 heteroatoms. The fourth-order valence-corrected chi connectivity index (χ4v) is 3.80. The number of amides is 1. The molecule has 2 heterocycles. The Balaban J connectivity index is 1.58. The number of hydrogen-bond donors (Lipinski definition) is 2. The highest BCUT2D eigenvalue weighted by Gasteiger charge is 2.31. The van der Waals surface area contributed by atoms with Gasteiger partial charge < -0.3 is 15.2 Å². The zero-order chi connectivity index (χ0) is 21.8. The van der Waals surface area contributed by atoms with Gasteiger partial charge in [0, 0.05) is 17.4 Å². The molecule has 31 heavy (non-hydrogen) atoms. The SMILES string of the molecule is O=C([O-])CCCC(=O)Nc1nc2n(n1)[C@@H](c1ccccc1)C[C@H](c1ccc(Cl)cc1)N2. The van der Waals surface area contributed by atoms with E-state index in [9.17, 15) is 14.7 Å². The molecule has 0 unspecified atom stereocenters. The van der Waals surface area contributed by atoms with Crippen molar-refractivity contribution < 1.29 is 14.7 Å². The van der Waals surface area contributed by atoms with E-state index < -0.39 is 5.97 Å². The van der Waals surface area contributed by atoms with Gasteiger partial charge in [-0.3, -0.25) is 10.1 Å². The van der Waals surface area contributed by atoms with Gasteiger partial charge >= 0.3 is 0 Å². The number of carboxylic acids is 1. The van der Waals surface area contributed by atoms with Crippen molar-refractivity contribution in [3.63, 3.8) is 0 Å². The Morgan fingerprint density at radius 2 is 1.84 bits per heavy atom. The summed E-state index contributed by atoms with van der Waals surface area (Å²) < 4.78 is 1.78. The molecule has 8 nitrogen and oxygen atoms in total. The molecule has 1 amide bonds. The van der Waals surface area contributed by atoms with Crippen LogP contribution in [0.4, 0.5) is 11.9 Å². The van der Waals surface area contributed by atoms with E-state index in [4.69, 9.17) is 11.6 Å². The second-order valence-electron chi connectivity index (χ2n) is 7.39. The number of nitrogens with one attached hydrogen (secondary N) is 2. The minimum absolute atomic E-state index is 0.00853. The molecule has 2 atom stereocenters. The van der Waals surface area contributed by atoms with Crippen LogP contribution in [0.25, 0.3) is 0 Å². The maximum Gasteiger partial charge on any atom is 0.250 e. The van der Waals surface area contributed by atoms with E-state index in [1.54, 1.807) is 4.68 Å². The first-order valence-corrected chi connectivity index (χ1v) is 10.4. The molecule has 0 aliphatic carbocycles. The van der Waals surface area contributed by atoms with Crippen LogP contribution < -0.4 is 15.7 Å².